The lowest BCUT2D eigenvalue weighted by Crippen LogP contribution is -2.34. The van der Waals surface area contributed by atoms with Crippen LogP contribution in [0.2, 0.25) is 5.02 Å². The highest BCUT2D eigenvalue weighted by Gasteiger charge is 2.28. The van der Waals surface area contributed by atoms with E-state index in [9.17, 15) is 4.39 Å². The smallest absolute Gasteiger partial charge is 0.124 e. The highest BCUT2D eigenvalue weighted by Crippen LogP contribution is 2.39. The van der Waals surface area contributed by atoms with E-state index >= 15 is 0 Å². The molecule has 3 heteroatoms. The van der Waals surface area contributed by atoms with Crippen LogP contribution in [0.25, 0.3) is 0 Å². The van der Waals surface area contributed by atoms with Crippen molar-refractivity contribution in [3.05, 3.63) is 34.6 Å². The quantitative estimate of drug-likeness (QED) is 0.740. The predicted octanol–water partition coefficient (Wildman–Crippen LogP) is 2.68. The molecule has 1 aromatic carbocycles. The van der Waals surface area contributed by atoms with Crippen molar-refractivity contribution in [1.82, 2.24) is 0 Å². The predicted molar refractivity (Wildman–Crippen MR) is 51.4 cm³/mol. The Labute approximate surface area is 81.7 Å². The first-order valence-electron chi connectivity index (χ1n) is 4.37. The molecule has 0 saturated heterocycles. The Morgan fingerprint density at radius 1 is 1.38 bits per heavy atom. The molecule has 2 rings (SSSR count). The summed E-state index contributed by atoms with van der Waals surface area (Å²) in [5.74, 6) is 0.153. The third-order valence-electron chi connectivity index (χ3n) is 2.58. The Morgan fingerprint density at radius 2 is 2.08 bits per heavy atom. The van der Waals surface area contributed by atoms with E-state index in [0.717, 1.165) is 18.4 Å². The number of halogens is 2. The highest BCUT2D eigenvalue weighted by atomic mass is 35.5. The molecule has 0 spiro atoms. The number of benzene rings is 1. The Morgan fingerprint density at radius 3 is 2.62 bits per heavy atom. The van der Waals surface area contributed by atoms with Gasteiger partial charge in [-0.1, -0.05) is 17.7 Å². The van der Waals surface area contributed by atoms with Gasteiger partial charge in [0.2, 0.25) is 0 Å². The average molecular weight is 200 g/mol. The van der Waals surface area contributed by atoms with Crippen molar-refractivity contribution in [2.24, 2.45) is 5.73 Å². The van der Waals surface area contributed by atoms with Crippen LogP contribution < -0.4 is 5.73 Å². The molecule has 1 fully saturated rings. The summed E-state index contributed by atoms with van der Waals surface area (Å²) >= 11 is 5.90. The summed E-state index contributed by atoms with van der Waals surface area (Å²) in [4.78, 5) is 0. The van der Waals surface area contributed by atoms with Crippen LogP contribution in [0.5, 0.6) is 0 Å². The number of rotatable bonds is 1. The monoisotopic (exact) mass is 199 g/mol. The second-order valence-corrected chi connectivity index (χ2v) is 4.00. The van der Waals surface area contributed by atoms with Gasteiger partial charge in [-0.05, 0) is 36.5 Å². The van der Waals surface area contributed by atoms with E-state index < -0.39 is 0 Å². The average Bonchev–Trinajstić information content (AvgIpc) is 2.00. The Bertz CT molecular complexity index is 321. The van der Waals surface area contributed by atoms with Crippen molar-refractivity contribution < 1.29 is 4.39 Å². The lowest BCUT2D eigenvalue weighted by Gasteiger charge is -2.33. The minimum Gasteiger partial charge on any atom is -0.328 e. The maximum atomic E-state index is 12.7. The number of nitrogens with two attached hydrogens (primary N) is 1. The van der Waals surface area contributed by atoms with E-state index in [-0.39, 0.29) is 5.82 Å². The molecule has 13 heavy (non-hydrogen) atoms. The molecule has 0 aromatic heterocycles. The molecular weight excluding hydrogens is 189 g/mol. The van der Waals surface area contributed by atoms with Gasteiger partial charge >= 0.3 is 0 Å². The molecule has 0 aliphatic heterocycles. The molecule has 2 N–H and O–H groups in total. The fourth-order valence-corrected chi connectivity index (χ4v) is 2.07. The topological polar surface area (TPSA) is 26.0 Å². The minimum atomic E-state index is -0.280. The molecule has 1 saturated carbocycles. The van der Waals surface area contributed by atoms with Crippen LogP contribution in [-0.4, -0.2) is 6.04 Å². The van der Waals surface area contributed by atoms with E-state index in [2.05, 4.69) is 0 Å². The minimum absolute atomic E-state index is 0.280. The van der Waals surface area contributed by atoms with Gasteiger partial charge in [0, 0.05) is 11.1 Å². The van der Waals surface area contributed by atoms with Crippen molar-refractivity contribution in [3.8, 4) is 0 Å². The van der Waals surface area contributed by atoms with Gasteiger partial charge in [0.05, 0.1) is 0 Å². The molecule has 0 bridgehead atoms. The molecule has 1 aliphatic carbocycles. The summed E-state index contributed by atoms with van der Waals surface area (Å²) in [5, 5.41) is 0.525. The normalized spacial score (nSPS) is 27.0. The van der Waals surface area contributed by atoms with Crippen LogP contribution in [0.3, 0.4) is 0 Å². The van der Waals surface area contributed by atoms with E-state index in [1.807, 2.05) is 0 Å². The first-order chi connectivity index (χ1) is 6.16. The van der Waals surface area contributed by atoms with Crippen LogP contribution in [0.1, 0.15) is 24.3 Å². The van der Waals surface area contributed by atoms with Crippen molar-refractivity contribution in [3.63, 3.8) is 0 Å². The van der Waals surface area contributed by atoms with Crippen molar-refractivity contribution in [2.45, 2.75) is 24.8 Å². The van der Waals surface area contributed by atoms with E-state index in [1.165, 1.54) is 12.1 Å². The van der Waals surface area contributed by atoms with Gasteiger partial charge in [0.1, 0.15) is 5.82 Å². The molecule has 1 aromatic rings. The number of hydrogen-bond donors (Lipinski definition) is 1. The van der Waals surface area contributed by atoms with Gasteiger partial charge in [0.15, 0.2) is 0 Å². The molecule has 0 atom stereocenters. The van der Waals surface area contributed by atoms with Crippen molar-refractivity contribution >= 4 is 11.6 Å². The Hall–Kier alpha value is -0.600. The molecule has 1 aliphatic rings. The van der Waals surface area contributed by atoms with Crippen LogP contribution in [-0.2, 0) is 0 Å². The maximum absolute atomic E-state index is 12.7. The summed E-state index contributed by atoms with van der Waals surface area (Å²) < 4.78 is 12.7. The van der Waals surface area contributed by atoms with Crippen LogP contribution in [0, 0.1) is 5.82 Å². The lowest BCUT2D eigenvalue weighted by atomic mass is 9.76. The molecular formula is C10H11ClFN. The van der Waals surface area contributed by atoms with Gasteiger partial charge in [-0.2, -0.15) is 0 Å². The zero-order chi connectivity index (χ0) is 9.42. The van der Waals surface area contributed by atoms with Crippen LogP contribution in [0.4, 0.5) is 4.39 Å². The van der Waals surface area contributed by atoms with E-state index in [1.54, 1.807) is 6.07 Å². The molecule has 1 nitrogen and oxygen atoms in total. The van der Waals surface area contributed by atoms with Gasteiger partial charge < -0.3 is 5.73 Å². The molecule has 0 radical (unpaired) electrons. The fourth-order valence-electron chi connectivity index (χ4n) is 1.75. The van der Waals surface area contributed by atoms with Crippen molar-refractivity contribution in [1.29, 1.82) is 0 Å². The van der Waals surface area contributed by atoms with E-state index in [4.69, 9.17) is 17.3 Å². The Kier molecular flexibility index (Phi) is 2.26. The zero-order valence-corrected chi connectivity index (χ0v) is 7.89. The van der Waals surface area contributed by atoms with E-state index in [0.29, 0.717) is 17.0 Å². The third-order valence-corrected chi connectivity index (χ3v) is 2.90. The van der Waals surface area contributed by atoms with Gasteiger partial charge in [-0.15, -0.1) is 0 Å². The van der Waals surface area contributed by atoms with Crippen LogP contribution in [0.15, 0.2) is 18.2 Å². The fraction of sp³-hybridized carbons (Fsp3) is 0.400. The van der Waals surface area contributed by atoms with Gasteiger partial charge in [-0.3, -0.25) is 0 Å². The van der Waals surface area contributed by atoms with Gasteiger partial charge in [0.25, 0.3) is 0 Å². The first-order valence-corrected chi connectivity index (χ1v) is 4.75. The summed E-state index contributed by atoms with van der Waals surface area (Å²) in [5.41, 5.74) is 6.70. The second-order valence-electron chi connectivity index (χ2n) is 3.59. The SMILES string of the molecule is NC1CC(c2ccc(F)cc2Cl)C1. The zero-order valence-electron chi connectivity index (χ0n) is 7.13. The molecule has 0 amide bonds. The summed E-state index contributed by atoms with van der Waals surface area (Å²) in [6.07, 6.45) is 1.93. The Balaban J connectivity index is 2.21. The van der Waals surface area contributed by atoms with Crippen molar-refractivity contribution in [2.75, 3.05) is 0 Å². The largest absolute Gasteiger partial charge is 0.328 e. The first kappa shape index (κ1) is 8.97. The molecule has 0 heterocycles. The summed E-state index contributed by atoms with van der Waals surface area (Å²) in [7, 11) is 0. The maximum Gasteiger partial charge on any atom is 0.124 e. The summed E-state index contributed by atoms with van der Waals surface area (Å²) in [6.45, 7) is 0. The lowest BCUT2D eigenvalue weighted by molar-refractivity contribution is 0.351. The molecule has 0 unspecified atom stereocenters. The highest BCUT2D eigenvalue weighted by molar-refractivity contribution is 6.31. The summed E-state index contributed by atoms with van der Waals surface area (Å²) in [6, 6.07) is 4.87. The third kappa shape index (κ3) is 1.69. The van der Waals surface area contributed by atoms with Crippen LogP contribution >= 0.6 is 11.6 Å². The standard InChI is InChI=1S/C10H11ClFN/c11-10-5-7(12)1-2-9(10)6-3-8(13)4-6/h1-2,5-6,8H,3-4,13H2. The second kappa shape index (κ2) is 3.28. The molecule has 70 valence electrons. The number of hydrogen-bond acceptors (Lipinski definition) is 1. The van der Waals surface area contributed by atoms with Gasteiger partial charge in [-0.25, -0.2) is 4.39 Å².